The number of aliphatic hydroxyl groups is 1. The van der Waals surface area contributed by atoms with Crippen LogP contribution in [0.15, 0.2) is 18.2 Å². The topological polar surface area (TPSA) is 49.8 Å². The van der Waals surface area contributed by atoms with Gasteiger partial charge in [-0.25, -0.2) is 4.79 Å². The predicted molar refractivity (Wildman–Crippen MR) is 65.0 cm³/mol. The third kappa shape index (κ3) is 2.13. The Morgan fingerprint density at radius 1 is 1.53 bits per heavy atom. The van der Waals surface area contributed by atoms with Crippen LogP contribution in [-0.4, -0.2) is 31.8 Å². The molecular formula is C13H17NO3. The van der Waals surface area contributed by atoms with Crippen molar-refractivity contribution in [3.8, 4) is 0 Å². The van der Waals surface area contributed by atoms with E-state index < -0.39 is 12.1 Å². The van der Waals surface area contributed by atoms with Crippen molar-refractivity contribution in [3.63, 3.8) is 0 Å². The molecule has 0 radical (unpaired) electrons. The molecule has 1 heterocycles. The first kappa shape index (κ1) is 11.9. The van der Waals surface area contributed by atoms with E-state index in [1.54, 1.807) is 6.07 Å². The Balaban J connectivity index is 2.44. The maximum absolute atomic E-state index is 11.4. The molecule has 1 aliphatic rings. The van der Waals surface area contributed by atoms with Crippen LogP contribution < -0.4 is 4.90 Å². The van der Waals surface area contributed by atoms with Gasteiger partial charge in [-0.15, -0.1) is 0 Å². The van der Waals surface area contributed by atoms with Gasteiger partial charge in [0.25, 0.3) is 0 Å². The van der Waals surface area contributed by atoms with Crippen molar-refractivity contribution in [3.05, 3.63) is 29.3 Å². The van der Waals surface area contributed by atoms with Crippen LogP contribution in [0, 0.1) is 0 Å². The average molecular weight is 235 g/mol. The average Bonchev–Trinajstić information content (AvgIpc) is 2.36. The zero-order valence-corrected chi connectivity index (χ0v) is 10.1. The van der Waals surface area contributed by atoms with Crippen molar-refractivity contribution in [2.45, 2.75) is 18.9 Å². The Morgan fingerprint density at radius 2 is 2.29 bits per heavy atom. The van der Waals surface area contributed by atoms with E-state index in [-0.39, 0.29) is 0 Å². The summed E-state index contributed by atoms with van der Waals surface area (Å²) in [4.78, 5) is 13.5. The molecule has 1 aromatic rings. The van der Waals surface area contributed by atoms with Crippen LogP contribution in [0.2, 0.25) is 0 Å². The molecule has 0 aromatic heterocycles. The SMILES string of the molecule is COC(=O)C(O)c1cccc2c1N(C)CCC2. The minimum absolute atomic E-state index is 0.614. The van der Waals surface area contributed by atoms with Crippen LogP contribution >= 0.6 is 0 Å². The summed E-state index contributed by atoms with van der Waals surface area (Å²) in [5.41, 5.74) is 2.78. The Labute approximate surface area is 101 Å². The number of carbonyl (C=O) groups is 1. The maximum atomic E-state index is 11.4. The summed E-state index contributed by atoms with van der Waals surface area (Å²) in [7, 11) is 3.26. The predicted octanol–water partition coefficient (Wildman–Crippen LogP) is 1.28. The summed E-state index contributed by atoms with van der Waals surface area (Å²) in [6.45, 7) is 0.942. The Kier molecular flexibility index (Phi) is 3.33. The lowest BCUT2D eigenvalue weighted by molar-refractivity contribution is -0.150. The van der Waals surface area contributed by atoms with Crippen molar-refractivity contribution in [1.29, 1.82) is 0 Å². The van der Waals surface area contributed by atoms with Gasteiger partial charge in [0.05, 0.1) is 7.11 Å². The maximum Gasteiger partial charge on any atom is 0.339 e. The van der Waals surface area contributed by atoms with Crippen LogP contribution in [-0.2, 0) is 16.0 Å². The molecule has 4 nitrogen and oxygen atoms in total. The van der Waals surface area contributed by atoms with Gasteiger partial charge in [-0.1, -0.05) is 18.2 Å². The second-order valence-corrected chi connectivity index (χ2v) is 4.31. The zero-order chi connectivity index (χ0) is 12.4. The van der Waals surface area contributed by atoms with Gasteiger partial charge in [0.2, 0.25) is 0 Å². The monoisotopic (exact) mass is 235 g/mol. The number of fused-ring (bicyclic) bond motifs is 1. The van der Waals surface area contributed by atoms with Gasteiger partial charge >= 0.3 is 5.97 Å². The van der Waals surface area contributed by atoms with Gasteiger partial charge in [-0.05, 0) is 18.4 Å². The minimum Gasteiger partial charge on any atom is -0.467 e. The van der Waals surface area contributed by atoms with E-state index >= 15 is 0 Å². The van der Waals surface area contributed by atoms with E-state index in [2.05, 4.69) is 9.64 Å². The Bertz CT molecular complexity index is 431. The molecule has 0 fully saturated rings. The van der Waals surface area contributed by atoms with E-state index in [1.807, 2.05) is 19.2 Å². The van der Waals surface area contributed by atoms with E-state index in [0.717, 1.165) is 25.1 Å². The number of benzene rings is 1. The number of aryl methyl sites for hydroxylation is 1. The lowest BCUT2D eigenvalue weighted by Gasteiger charge is -2.30. The lowest BCUT2D eigenvalue weighted by Crippen LogP contribution is -2.27. The molecule has 2 rings (SSSR count). The summed E-state index contributed by atoms with van der Waals surface area (Å²) in [6, 6.07) is 5.69. The fourth-order valence-corrected chi connectivity index (χ4v) is 2.36. The standard InChI is InChI=1S/C13H17NO3/c1-14-8-4-6-9-5-3-7-10(11(9)14)12(15)13(16)17-2/h3,5,7,12,15H,4,6,8H2,1-2H3. The molecule has 1 atom stereocenters. The number of hydrogen-bond acceptors (Lipinski definition) is 4. The molecule has 92 valence electrons. The second-order valence-electron chi connectivity index (χ2n) is 4.31. The molecule has 0 spiro atoms. The fraction of sp³-hybridized carbons (Fsp3) is 0.462. The molecule has 0 saturated heterocycles. The zero-order valence-electron chi connectivity index (χ0n) is 10.1. The lowest BCUT2D eigenvalue weighted by atomic mass is 9.95. The molecule has 0 amide bonds. The highest BCUT2D eigenvalue weighted by molar-refractivity contribution is 5.80. The number of anilines is 1. The molecule has 1 aliphatic heterocycles. The van der Waals surface area contributed by atoms with Crippen molar-refractivity contribution in [1.82, 2.24) is 0 Å². The molecule has 1 unspecified atom stereocenters. The van der Waals surface area contributed by atoms with Crippen molar-refractivity contribution < 1.29 is 14.6 Å². The highest BCUT2D eigenvalue weighted by Crippen LogP contribution is 2.33. The summed E-state index contributed by atoms with van der Waals surface area (Å²) >= 11 is 0. The van der Waals surface area contributed by atoms with Gasteiger partial charge in [0.1, 0.15) is 0 Å². The van der Waals surface area contributed by atoms with Gasteiger partial charge in [-0.3, -0.25) is 0 Å². The number of rotatable bonds is 2. The first-order valence-corrected chi connectivity index (χ1v) is 5.74. The number of para-hydroxylation sites is 1. The van der Waals surface area contributed by atoms with Gasteiger partial charge in [0, 0.05) is 24.8 Å². The first-order chi connectivity index (χ1) is 8.15. The molecular weight excluding hydrogens is 218 g/mol. The number of carbonyl (C=O) groups excluding carboxylic acids is 1. The van der Waals surface area contributed by atoms with Crippen LogP contribution in [0.25, 0.3) is 0 Å². The minimum atomic E-state index is -1.20. The smallest absolute Gasteiger partial charge is 0.339 e. The molecule has 1 aromatic carbocycles. The highest BCUT2D eigenvalue weighted by atomic mass is 16.5. The van der Waals surface area contributed by atoms with Gasteiger partial charge < -0.3 is 14.7 Å². The molecule has 0 aliphatic carbocycles. The van der Waals surface area contributed by atoms with Crippen LogP contribution in [0.3, 0.4) is 0 Å². The van der Waals surface area contributed by atoms with E-state index in [9.17, 15) is 9.90 Å². The number of aliphatic hydroxyl groups excluding tert-OH is 1. The van der Waals surface area contributed by atoms with Crippen molar-refractivity contribution >= 4 is 11.7 Å². The van der Waals surface area contributed by atoms with Crippen molar-refractivity contribution in [2.24, 2.45) is 0 Å². The number of hydrogen-bond donors (Lipinski definition) is 1. The van der Waals surface area contributed by atoms with Gasteiger partial charge in [0.15, 0.2) is 6.10 Å². The molecule has 1 N–H and O–H groups in total. The van der Waals surface area contributed by atoms with E-state index in [0.29, 0.717) is 5.56 Å². The summed E-state index contributed by atoms with van der Waals surface area (Å²) in [5.74, 6) is -0.614. The molecule has 0 saturated carbocycles. The van der Waals surface area contributed by atoms with Crippen molar-refractivity contribution in [2.75, 3.05) is 25.6 Å². The third-order valence-corrected chi connectivity index (χ3v) is 3.19. The Hall–Kier alpha value is -1.55. The summed E-state index contributed by atoms with van der Waals surface area (Å²) in [5, 5.41) is 9.96. The largest absolute Gasteiger partial charge is 0.467 e. The number of nitrogens with zero attached hydrogens (tertiary/aromatic N) is 1. The second kappa shape index (κ2) is 4.75. The van der Waals surface area contributed by atoms with Crippen LogP contribution in [0.4, 0.5) is 5.69 Å². The number of esters is 1. The molecule has 17 heavy (non-hydrogen) atoms. The van der Waals surface area contributed by atoms with Gasteiger partial charge in [-0.2, -0.15) is 0 Å². The van der Waals surface area contributed by atoms with Crippen LogP contribution in [0.1, 0.15) is 23.7 Å². The summed E-state index contributed by atoms with van der Waals surface area (Å²) < 4.78 is 4.59. The summed E-state index contributed by atoms with van der Waals surface area (Å²) in [6.07, 6.45) is 0.887. The van der Waals surface area contributed by atoms with E-state index in [1.165, 1.54) is 12.7 Å². The fourth-order valence-electron chi connectivity index (χ4n) is 2.36. The van der Waals surface area contributed by atoms with E-state index in [4.69, 9.17) is 0 Å². The highest BCUT2D eigenvalue weighted by Gasteiger charge is 2.25. The number of methoxy groups -OCH3 is 1. The molecule has 0 bridgehead atoms. The Morgan fingerprint density at radius 3 is 3.00 bits per heavy atom. The first-order valence-electron chi connectivity index (χ1n) is 5.74. The number of ether oxygens (including phenoxy) is 1. The third-order valence-electron chi connectivity index (χ3n) is 3.19. The van der Waals surface area contributed by atoms with Crippen LogP contribution in [0.5, 0.6) is 0 Å². The normalized spacial score (nSPS) is 16.3. The molecule has 4 heteroatoms. The quantitative estimate of drug-likeness (QED) is 0.784.